The first-order valence-corrected chi connectivity index (χ1v) is 6.52. The number of hydrogen-bond donors (Lipinski definition) is 1. The van der Waals surface area contributed by atoms with Crippen molar-refractivity contribution in [3.63, 3.8) is 0 Å². The highest BCUT2D eigenvalue weighted by molar-refractivity contribution is 6.32. The van der Waals surface area contributed by atoms with Crippen molar-refractivity contribution in [2.45, 2.75) is 13.0 Å². The van der Waals surface area contributed by atoms with Gasteiger partial charge in [-0.2, -0.15) is 0 Å². The van der Waals surface area contributed by atoms with Gasteiger partial charge in [0, 0.05) is 19.5 Å². The van der Waals surface area contributed by atoms with Gasteiger partial charge in [0.25, 0.3) is 0 Å². The highest BCUT2D eigenvalue weighted by Gasteiger charge is 2.17. The second-order valence-corrected chi connectivity index (χ2v) is 4.72. The molecule has 5 heteroatoms. The minimum Gasteiger partial charge on any atom is -0.469 e. The molecule has 3 rings (SSSR count). The van der Waals surface area contributed by atoms with Crippen molar-refractivity contribution in [3.8, 4) is 11.5 Å². The van der Waals surface area contributed by atoms with Crippen molar-refractivity contribution in [1.82, 2.24) is 5.32 Å². The molecule has 1 aromatic heterocycles. The summed E-state index contributed by atoms with van der Waals surface area (Å²) in [6.07, 6.45) is 2.55. The van der Waals surface area contributed by atoms with Gasteiger partial charge in [-0.25, -0.2) is 0 Å². The number of rotatable bonds is 5. The van der Waals surface area contributed by atoms with Crippen LogP contribution in [-0.2, 0) is 13.0 Å². The van der Waals surface area contributed by atoms with Crippen LogP contribution in [0.2, 0.25) is 5.02 Å². The van der Waals surface area contributed by atoms with Crippen LogP contribution in [0.25, 0.3) is 0 Å². The van der Waals surface area contributed by atoms with Crippen molar-refractivity contribution >= 4 is 11.6 Å². The minimum atomic E-state index is 0.241. The summed E-state index contributed by atoms with van der Waals surface area (Å²) in [6, 6.07) is 7.72. The van der Waals surface area contributed by atoms with Gasteiger partial charge >= 0.3 is 0 Å². The first-order valence-electron chi connectivity index (χ1n) is 6.14. The van der Waals surface area contributed by atoms with Crippen LogP contribution in [0.5, 0.6) is 11.5 Å². The molecule has 0 atom stereocenters. The number of hydrogen-bond acceptors (Lipinski definition) is 4. The monoisotopic (exact) mass is 279 g/mol. The van der Waals surface area contributed by atoms with Gasteiger partial charge in [0.05, 0.1) is 11.3 Å². The number of benzene rings is 1. The molecule has 0 aliphatic carbocycles. The Kier molecular flexibility index (Phi) is 3.62. The maximum absolute atomic E-state index is 6.12. The zero-order valence-electron chi connectivity index (χ0n) is 10.3. The normalized spacial score (nSPS) is 12.9. The van der Waals surface area contributed by atoms with Gasteiger partial charge in [0.2, 0.25) is 6.79 Å². The third kappa shape index (κ3) is 2.85. The lowest BCUT2D eigenvalue weighted by Gasteiger charge is -2.06. The molecule has 0 spiro atoms. The average molecular weight is 280 g/mol. The van der Waals surface area contributed by atoms with Crippen LogP contribution in [-0.4, -0.2) is 13.3 Å². The highest BCUT2D eigenvalue weighted by atomic mass is 35.5. The van der Waals surface area contributed by atoms with Crippen LogP contribution in [0.15, 0.2) is 34.9 Å². The third-order valence-corrected chi connectivity index (χ3v) is 3.23. The molecule has 0 radical (unpaired) electrons. The Morgan fingerprint density at radius 2 is 2.21 bits per heavy atom. The lowest BCUT2D eigenvalue weighted by molar-refractivity contribution is 0.174. The van der Waals surface area contributed by atoms with Crippen LogP contribution in [0.4, 0.5) is 0 Å². The Bertz CT molecular complexity index is 554. The zero-order chi connectivity index (χ0) is 13.1. The quantitative estimate of drug-likeness (QED) is 0.855. The maximum atomic E-state index is 6.12. The standard InChI is InChI=1S/C14H14ClNO3/c15-12-6-10(7-13-14(12)19-9-18-13)8-16-4-3-11-2-1-5-17-11/h1-2,5-7,16H,3-4,8-9H2. The van der Waals surface area contributed by atoms with E-state index in [1.54, 1.807) is 6.26 Å². The predicted octanol–water partition coefficient (Wildman–Crippen LogP) is 2.99. The van der Waals surface area contributed by atoms with Crippen LogP contribution in [0.1, 0.15) is 11.3 Å². The van der Waals surface area contributed by atoms with E-state index >= 15 is 0 Å². The number of halogens is 1. The summed E-state index contributed by atoms with van der Waals surface area (Å²) in [6.45, 7) is 1.82. The minimum absolute atomic E-state index is 0.241. The summed E-state index contributed by atoms with van der Waals surface area (Å²) in [4.78, 5) is 0. The average Bonchev–Trinajstić information content (AvgIpc) is 3.05. The smallest absolute Gasteiger partial charge is 0.231 e. The molecule has 0 saturated carbocycles. The molecule has 1 N–H and O–H groups in total. The summed E-state index contributed by atoms with van der Waals surface area (Å²) >= 11 is 6.12. The molecule has 0 amide bonds. The van der Waals surface area contributed by atoms with Crippen molar-refractivity contribution in [1.29, 1.82) is 0 Å². The molecule has 2 heterocycles. The van der Waals surface area contributed by atoms with Crippen LogP contribution >= 0.6 is 11.6 Å². The van der Waals surface area contributed by atoms with Gasteiger partial charge in [-0.05, 0) is 29.8 Å². The fraction of sp³-hybridized carbons (Fsp3) is 0.286. The fourth-order valence-corrected chi connectivity index (χ4v) is 2.31. The molecule has 2 aromatic rings. The number of furan rings is 1. The van der Waals surface area contributed by atoms with E-state index in [0.29, 0.717) is 10.8 Å². The molecule has 1 aromatic carbocycles. The van der Waals surface area contributed by atoms with Crippen LogP contribution in [0, 0.1) is 0 Å². The first-order chi connectivity index (χ1) is 9.33. The van der Waals surface area contributed by atoms with Gasteiger partial charge in [0.15, 0.2) is 11.5 Å². The van der Waals surface area contributed by atoms with Crippen molar-refractivity contribution in [2.75, 3.05) is 13.3 Å². The first kappa shape index (κ1) is 12.4. The molecule has 1 aliphatic rings. The molecule has 0 unspecified atom stereocenters. The molecular formula is C14H14ClNO3. The van der Waals surface area contributed by atoms with E-state index in [1.807, 2.05) is 24.3 Å². The Morgan fingerprint density at radius 1 is 1.26 bits per heavy atom. The molecule has 0 saturated heterocycles. The Labute approximate surface area is 116 Å². The van der Waals surface area contributed by atoms with E-state index in [1.165, 1.54) is 0 Å². The molecule has 0 bridgehead atoms. The van der Waals surface area contributed by atoms with Crippen molar-refractivity contribution in [2.24, 2.45) is 0 Å². The Morgan fingerprint density at radius 3 is 3.05 bits per heavy atom. The van der Waals surface area contributed by atoms with Crippen LogP contribution in [0.3, 0.4) is 0 Å². The number of ether oxygens (including phenoxy) is 2. The lowest BCUT2D eigenvalue weighted by atomic mass is 10.2. The van der Waals surface area contributed by atoms with Crippen molar-refractivity contribution < 1.29 is 13.9 Å². The van der Waals surface area contributed by atoms with Gasteiger partial charge < -0.3 is 19.2 Å². The molecule has 4 nitrogen and oxygen atoms in total. The summed E-state index contributed by atoms with van der Waals surface area (Å²) in [5, 5.41) is 3.94. The van der Waals surface area contributed by atoms with E-state index in [0.717, 1.165) is 36.6 Å². The fourth-order valence-electron chi connectivity index (χ4n) is 2.02. The second-order valence-electron chi connectivity index (χ2n) is 4.32. The zero-order valence-corrected chi connectivity index (χ0v) is 11.1. The van der Waals surface area contributed by atoms with Gasteiger partial charge in [-0.1, -0.05) is 11.6 Å². The number of nitrogens with one attached hydrogen (secondary N) is 1. The SMILES string of the molecule is Clc1cc(CNCCc2ccco2)cc2c1OCO2. The topological polar surface area (TPSA) is 43.6 Å². The van der Waals surface area contributed by atoms with Crippen LogP contribution < -0.4 is 14.8 Å². The summed E-state index contributed by atoms with van der Waals surface area (Å²) in [7, 11) is 0. The van der Waals surface area contributed by atoms with Crippen molar-refractivity contribution in [3.05, 3.63) is 46.9 Å². The Hall–Kier alpha value is -1.65. The summed E-state index contributed by atoms with van der Waals surface area (Å²) < 4.78 is 15.9. The van der Waals surface area contributed by atoms with Gasteiger partial charge in [0.1, 0.15) is 5.76 Å². The van der Waals surface area contributed by atoms with E-state index in [2.05, 4.69) is 5.32 Å². The van der Waals surface area contributed by atoms with E-state index < -0.39 is 0 Å². The maximum Gasteiger partial charge on any atom is 0.231 e. The predicted molar refractivity (Wildman–Crippen MR) is 71.7 cm³/mol. The number of fused-ring (bicyclic) bond motifs is 1. The molecule has 1 aliphatic heterocycles. The molecule has 19 heavy (non-hydrogen) atoms. The van der Waals surface area contributed by atoms with E-state index in [-0.39, 0.29) is 6.79 Å². The molecule has 0 fully saturated rings. The highest BCUT2D eigenvalue weighted by Crippen LogP contribution is 2.39. The summed E-state index contributed by atoms with van der Waals surface area (Å²) in [5.74, 6) is 2.34. The largest absolute Gasteiger partial charge is 0.469 e. The van der Waals surface area contributed by atoms with E-state index in [9.17, 15) is 0 Å². The Balaban J connectivity index is 1.54. The van der Waals surface area contributed by atoms with Gasteiger partial charge in [-0.15, -0.1) is 0 Å². The lowest BCUT2D eigenvalue weighted by Crippen LogP contribution is -2.16. The molecular weight excluding hydrogens is 266 g/mol. The van der Waals surface area contributed by atoms with Gasteiger partial charge in [-0.3, -0.25) is 0 Å². The van der Waals surface area contributed by atoms with E-state index in [4.69, 9.17) is 25.5 Å². The molecule has 100 valence electrons. The third-order valence-electron chi connectivity index (χ3n) is 2.94. The second kappa shape index (κ2) is 5.55. The summed E-state index contributed by atoms with van der Waals surface area (Å²) in [5.41, 5.74) is 1.08.